The van der Waals surface area contributed by atoms with Gasteiger partial charge in [0, 0.05) is 16.9 Å². The Morgan fingerprint density at radius 3 is 2.84 bits per heavy atom. The molecule has 0 spiro atoms. The summed E-state index contributed by atoms with van der Waals surface area (Å²) < 4.78 is 5.19. The van der Waals surface area contributed by atoms with Crippen LogP contribution in [0.15, 0.2) is 18.2 Å². The third-order valence-electron chi connectivity index (χ3n) is 3.61. The lowest BCUT2D eigenvalue weighted by Gasteiger charge is -2.15. The van der Waals surface area contributed by atoms with Crippen LogP contribution < -0.4 is 10.1 Å². The number of amides is 1. The van der Waals surface area contributed by atoms with Gasteiger partial charge < -0.3 is 10.1 Å². The number of alkyl halides is 1. The summed E-state index contributed by atoms with van der Waals surface area (Å²) >= 11 is 9.39. The van der Waals surface area contributed by atoms with Gasteiger partial charge >= 0.3 is 0 Å². The van der Waals surface area contributed by atoms with Crippen molar-refractivity contribution in [3.05, 3.63) is 28.8 Å². The zero-order valence-electron chi connectivity index (χ0n) is 10.8. The van der Waals surface area contributed by atoms with Gasteiger partial charge in [0.25, 0.3) is 5.91 Å². The van der Waals surface area contributed by atoms with Crippen molar-refractivity contribution >= 4 is 33.4 Å². The highest BCUT2D eigenvalue weighted by Gasteiger charge is 2.41. The van der Waals surface area contributed by atoms with Gasteiger partial charge in [0.15, 0.2) is 0 Å². The van der Waals surface area contributed by atoms with E-state index in [1.54, 1.807) is 25.3 Å². The number of hydrogen-bond donors (Lipinski definition) is 1. The molecule has 19 heavy (non-hydrogen) atoms. The normalized spacial score (nSPS) is 15.9. The Labute approximate surface area is 126 Å². The summed E-state index contributed by atoms with van der Waals surface area (Å²) in [5.41, 5.74) is 0.787. The van der Waals surface area contributed by atoms with Crippen LogP contribution in [0.4, 0.5) is 0 Å². The number of rotatable bonds is 6. The van der Waals surface area contributed by atoms with Crippen molar-refractivity contribution in [2.24, 2.45) is 5.41 Å². The number of benzene rings is 1. The number of methoxy groups -OCH3 is 1. The minimum atomic E-state index is -0.125. The molecule has 0 radical (unpaired) electrons. The molecule has 0 aromatic heterocycles. The standard InChI is InChI=1S/C14H17BrClNO2/c1-19-12-3-2-10(16)8-11(12)13(18)17-9-14(4-5-14)6-7-15/h2-3,8H,4-7,9H2,1H3,(H,17,18). The smallest absolute Gasteiger partial charge is 0.255 e. The first-order valence-electron chi connectivity index (χ1n) is 6.28. The first-order valence-corrected chi connectivity index (χ1v) is 7.78. The Hall–Kier alpha value is -0.740. The van der Waals surface area contributed by atoms with E-state index < -0.39 is 0 Å². The summed E-state index contributed by atoms with van der Waals surface area (Å²) in [5.74, 6) is 0.424. The summed E-state index contributed by atoms with van der Waals surface area (Å²) in [6.07, 6.45) is 3.47. The molecule has 1 aromatic carbocycles. The van der Waals surface area contributed by atoms with E-state index in [0.29, 0.717) is 28.3 Å². The van der Waals surface area contributed by atoms with Crippen LogP contribution in [0.5, 0.6) is 5.75 Å². The van der Waals surface area contributed by atoms with Crippen LogP contribution in [-0.2, 0) is 0 Å². The van der Waals surface area contributed by atoms with Gasteiger partial charge in [0.05, 0.1) is 12.7 Å². The minimum Gasteiger partial charge on any atom is -0.496 e. The Bertz CT molecular complexity index is 475. The lowest BCUT2D eigenvalue weighted by Crippen LogP contribution is -2.30. The fourth-order valence-electron chi connectivity index (χ4n) is 2.11. The first-order chi connectivity index (χ1) is 9.10. The average molecular weight is 347 g/mol. The van der Waals surface area contributed by atoms with Crippen LogP contribution >= 0.6 is 27.5 Å². The van der Waals surface area contributed by atoms with E-state index in [4.69, 9.17) is 16.3 Å². The van der Waals surface area contributed by atoms with Crippen molar-refractivity contribution in [2.45, 2.75) is 19.3 Å². The van der Waals surface area contributed by atoms with Gasteiger partial charge in [0.1, 0.15) is 5.75 Å². The lowest BCUT2D eigenvalue weighted by atomic mass is 10.0. The second kappa shape index (κ2) is 6.14. The second-order valence-electron chi connectivity index (χ2n) is 4.97. The number of ether oxygens (including phenoxy) is 1. The van der Waals surface area contributed by atoms with Crippen molar-refractivity contribution in [1.29, 1.82) is 0 Å². The molecular weight excluding hydrogens is 330 g/mol. The van der Waals surface area contributed by atoms with Gasteiger partial charge in [-0.15, -0.1) is 0 Å². The van der Waals surface area contributed by atoms with E-state index >= 15 is 0 Å². The summed E-state index contributed by atoms with van der Waals surface area (Å²) in [5, 5.41) is 4.50. The average Bonchev–Trinajstić information content (AvgIpc) is 3.17. The molecule has 1 amide bonds. The molecule has 2 rings (SSSR count). The van der Waals surface area contributed by atoms with Gasteiger partial charge in [-0.3, -0.25) is 4.79 Å². The predicted octanol–water partition coefficient (Wildman–Crippen LogP) is 3.64. The molecule has 1 aliphatic rings. The lowest BCUT2D eigenvalue weighted by molar-refractivity contribution is 0.0941. The molecule has 0 saturated heterocycles. The van der Waals surface area contributed by atoms with Crippen LogP contribution in [0.2, 0.25) is 5.02 Å². The maximum absolute atomic E-state index is 12.2. The molecule has 3 nitrogen and oxygen atoms in total. The molecule has 0 unspecified atom stereocenters. The van der Waals surface area contributed by atoms with Gasteiger partial charge in [-0.2, -0.15) is 0 Å². The zero-order chi connectivity index (χ0) is 13.9. The van der Waals surface area contributed by atoms with Crippen molar-refractivity contribution in [2.75, 3.05) is 19.0 Å². The van der Waals surface area contributed by atoms with E-state index in [1.807, 2.05) is 0 Å². The Morgan fingerprint density at radius 1 is 1.53 bits per heavy atom. The molecule has 5 heteroatoms. The van der Waals surface area contributed by atoms with Crippen molar-refractivity contribution in [3.63, 3.8) is 0 Å². The summed E-state index contributed by atoms with van der Waals surface area (Å²) in [7, 11) is 1.55. The van der Waals surface area contributed by atoms with Gasteiger partial charge in [-0.25, -0.2) is 0 Å². The Kier molecular flexibility index (Phi) is 4.74. The third-order valence-corrected chi connectivity index (χ3v) is 4.24. The van der Waals surface area contributed by atoms with E-state index in [9.17, 15) is 4.79 Å². The molecule has 0 bridgehead atoms. The van der Waals surface area contributed by atoms with Crippen LogP contribution in [0.3, 0.4) is 0 Å². The van der Waals surface area contributed by atoms with Crippen molar-refractivity contribution in [3.8, 4) is 5.75 Å². The van der Waals surface area contributed by atoms with E-state index in [-0.39, 0.29) is 5.91 Å². The highest BCUT2D eigenvalue weighted by molar-refractivity contribution is 9.09. The number of carbonyl (C=O) groups excluding carboxylic acids is 1. The molecule has 0 aliphatic heterocycles. The quantitative estimate of drug-likeness (QED) is 0.799. The van der Waals surface area contributed by atoms with Crippen LogP contribution in [0, 0.1) is 5.41 Å². The van der Waals surface area contributed by atoms with Gasteiger partial charge in [-0.05, 0) is 42.9 Å². The summed E-state index contributed by atoms with van der Waals surface area (Å²) in [6, 6.07) is 5.06. The van der Waals surface area contributed by atoms with E-state index in [2.05, 4.69) is 21.2 Å². The number of hydrogen-bond acceptors (Lipinski definition) is 2. The molecule has 1 saturated carbocycles. The second-order valence-corrected chi connectivity index (χ2v) is 6.20. The number of carbonyl (C=O) groups is 1. The molecule has 1 aromatic rings. The maximum atomic E-state index is 12.2. The molecule has 1 aliphatic carbocycles. The molecule has 1 fully saturated rings. The van der Waals surface area contributed by atoms with Crippen molar-refractivity contribution < 1.29 is 9.53 Å². The predicted molar refractivity (Wildman–Crippen MR) is 80.4 cm³/mol. The summed E-state index contributed by atoms with van der Waals surface area (Å²) in [4.78, 5) is 12.2. The highest BCUT2D eigenvalue weighted by atomic mass is 79.9. The monoisotopic (exact) mass is 345 g/mol. The number of nitrogens with one attached hydrogen (secondary N) is 1. The van der Waals surface area contributed by atoms with Crippen molar-refractivity contribution in [1.82, 2.24) is 5.32 Å². The SMILES string of the molecule is COc1ccc(Cl)cc1C(=O)NCC1(CCBr)CC1. The molecule has 0 heterocycles. The highest BCUT2D eigenvalue weighted by Crippen LogP contribution is 2.48. The topological polar surface area (TPSA) is 38.3 Å². The maximum Gasteiger partial charge on any atom is 0.255 e. The van der Waals surface area contributed by atoms with Crippen LogP contribution in [0.25, 0.3) is 0 Å². The third kappa shape index (κ3) is 3.63. The van der Waals surface area contributed by atoms with E-state index in [1.165, 1.54) is 12.8 Å². The van der Waals surface area contributed by atoms with E-state index in [0.717, 1.165) is 11.8 Å². The first kappa shape index (κ1) is 14.7. The van der Waals surface area contributed by atoms with Crippen LogP contribution in [-0.4, -0.2) is 24.9 Å². The fourth-order valence-corrected chi connectivity index (χ4v) is 3.13. The zero-order valence-corrected chi connectivity index (χ0v) is 13.2. The molecule has 104 valence electrons. The molecular formula is C14H17BrClNO2. The minimum absolute atomic E-state index is 0.125. The number of halogens is 2. The molecule has 1 N–H and O–H groups in total. The molecule has 0 atom stereocenters. The Morgan fingerprint density at radius 2 is 2.26 bits per heavy atom. The largest absolute Gasteiger partial charge is 0.496 e. The summed E-state index contributed by atoms with van der Waals surface area (Å²) in [6.45, 7) is 0.715. The van der Waals surface area contributed by atoms with Gasteiger partial charge in [0.2, 0.25) is 0 Å². The Balaban J connectivity index is 2.02. The van der Waals surface area contributed by atoms with Gasteiger partial charge in [-0.1, -0.05) is 27.5 Å². The van der Waals surface area contributed by atoms with Crippen LogP contribution in [0.1, 0.15) is 29.6 Å². The fraction of sp³-hybridized carbons (Fsp3) is 0.500.